The second-order valence-corrected chi connectivity index (χ2v) is 7.61. The molecule has 0 saturated carbocycles. The summed E-state index contributed by atoms with van der Waals surface area (Å²) in [5, 5.41) is 0. The van der Waals surface area contributed by atoms with E-state index in [4.69, 9.17) is 0 Å². The van der Waals surface area contributed by atoms with Gasteiger partial charge >= 0.3 is 0 Å². The molecule has 1 aliphatic heterocycles. The van der Waals surface area contributed by atoms with Crippen molar-refractivity contribution in [3.8, 4) is 0 Å². The molecule has 0 aromatic heterocycles. The van der Waals surface area contributed by atoms with E-state index in [-0.39, 0.29) is 10.8 Å². The Labute approximate surface area is 144 Å². The molecule has 0 aliphatic carbocycles. The lowest BCUT2D eigenvalue weighted by atomic mass is 10.2. The Balaban J connectivity index is 1.98. The summed E-state index contributed by atoms with van der Waals surface area (Å²) in [5.74, 6) is -0.000115. The van der Waals surface area contributed by atoms with Crippen LogP contribution in [0, 0.1) is 0 Å². The van der Waals surface area contributed by atoms with Gasteiger partial charge in [-0.25, -0.2) is 13.1 Å². The molecule has 1 amide bonds. The van der Waals surface area contributed by atoms with Crippen molar-refractivity contribution in [2.24, 2.45) is 0 Å². The summed E-state index contributed by atoms with van der Waals surface area (Å²) in [6.45, 7) is 6.61. The fraction of sp³-hybridized carbons (Fsp3) is 0.471. The van der Waals surface area contributed by atoms with E-state index in [1.165, 1.54) is 19.2 Å². The van der Waals surface area contributed by atoms with Gasteiger partial charge < -0.3 is 9.80 Å². The summed E-state index contributed by atoms with van der Waals surface area (Å²) in [6, 6.07) is 6.44. The highest BCUT2D eigenvalue weighted by Crippen LogP contribution is 2.12. The van der Waals surface area contributed by atoms with Crippen molar-refractivity contribution in [2.45, 2.75) is 18.2 Å². The van der Waals surface area contributed by atoms with Gasteiger partial charge in [-0.15, -0.1) is 0 Å². The summed E-state index contributed by atoms with van der Waals surface area (Å²) in [5.41, 5.74) is 0.795. The monoisotopic (exact) mass is 351 g/mol. The van der Waals surface area contributed by atoms with E-state index in [2.05, 4.69) is 16.5 Å². The molecular formula is C17H25N3O3S. The molecule has 2 rings (SSSR count). The molecule has 6 nitrogen and oxygen atoms in total. The lowest BCUT2D eigenvalue weighted by molar-refractivity contribution is -0.125. The van der Waals surface area contributed by atoms with Gasteiger partial charge in [0.1, 0.15) is 0 Å². The summed E-state index contributed by atoms with van der Waals surface area (Å²) in [7, 11) is -2.05. The van der Waals surface area contributed by atoms with Crippen LogP contribution in [0.15, 0.2) is 35.2 Å². The quantitative estimate of drug-likeness (QED) is 0.809. The molecule has 1 aromatic carbocycles. The average molecular weight is 351 g/mol. The molecule has 7 heteroatoms. The van der Waals surface area contributed by atoms with E-state index in [1.807, 2.05) is 4.90 Å². The first-order chi connectivity index (χ1) is 11.5. The third-order valence-corrected chi connectivity index (χ3v) is 5.66. The molecule has 24 heavy (non-hydrogen) atoms. The van der Waals surface area contributed by atoms with Crippen LogP contribution in [0.25, 0.3) is 6.08 Å². The highest BCUT2D eigenvalue weighted by atomic mass is 32.2. The number of hydrogen-bond acceptors (Lipinski definition) is 4. The molecule has 0 spiro atoms. The SMILES string of the molecule is CCN1CCCN(C(=O)/C=C/c2ccc(S(=O)(=O)NC)cc2)CC1. The van der Waals surface area contributed by atoms with Crippen molar-refractivity contribution in [1.29, 1.82) is 0 Å². The molecule has 0 atom stereocenters. The number of hydrogen-bond donors (Lipinski definition) is 1. The second kappa shape index (κ2) is 8.41. The van der Waals surface area contributed by atoms with Crippen LogP contribution in [0.1, 0.15) is 18.9 Å². The van der Waals surface area contributed by atoms with E-state index in [0.717, 1.165) is 44.7 Å². The number of nitrogens with one attached hydrogen (secondary N) is 1. The van der Waals surface area contributed by atoms with E-state index in [0.29, 0.717) is 0 Å². The van der Waals surface area contributed by atoms with Crippen LogP contribution in [-0.2, 0) is 14.8 Å². The van der Waals surface area contributed by atoms with Crippen molar-refractivity contribution in [1.82, 2.24) is 14.5 Å². The van der Waals surface area contributed by atoms with Crippen LogP contribution in [0.2, 0.25) is 0 Å². The van der Waals surface area contributed by atoms with Gasteiger partial charge in [-0.05, 0) is 50.3 Å². The summed E-state index contributed by atoms with van der Waals surface area (Å²) < 4.78 is 25.6. The Morgan fingerprint density at radius 2 is 1.88 bits per heavy atom. The molecule has 1 fully saturated rings. The molecule has 1 saturated heterocycles. The Kier molecular flexibility index (Phi) is 6.53. The lowest BCUT2D eigenvalue weighted by Gasteiger charge is -2.19. The largest absolute Gasteiger partial charge is 0.338 e. The van der Waals surface area contributed by atoms with Crippen molar-refractivity contribution in [3.63, 3.8) is 0 Å². The maximum absolute atomic E-state index is 12.3. The number of benzene rings is 1. The number of nitrogens with zero attached hydrogens (tertiary/aromatic N) is 2. The summed E-state index contributed by atoms with van der Waals surface area (Å²) in [6.07, 6.45) is 4.27. The maximum Gasteiger partial charge on any atom is 0.246 e. The van der Waals surface area contributed by atoms with Crippen molar-refractivity contribution >= 4 is 22.0 Å². The predicted molar refractivity (Wildman–Crippen MR) is 95.0 cm³/mol. The predicted octanol–water partition coefficient (Wildman–Crippen LogP) is 1.16. The molecule has 132 valence electrons. The zero-order valence-corrected chi connectivity index (χ0v) is 15.1. The first-order valence-electron chi connectivity index (χ1n) is 8.19. The molecule has 1 aliphatic rings. The molecule has 0 radical (unpaired) electrons. The van der Waals surface area contributed by atoms with Gasteiger partial charge in [0.15, 0.2) is 0 Å². The Morgan fingerprint density at radius 1 is 1.17 bits per heavy atom. The molecule has 1 aromatic rings. The van der Waals surface area contributed by atoms with Crippen LogP contribution in [0.4, 0.5) is 0 Å². The van der Waals surface area contributed by atoms with Crippen molar-refractivity contribution in [3.05, 3.63) is 35.9 Å². The van der Waals surface area contributed by atoms with Gasteiger partial charge in [0.05, 0.1) is 4.90 Å². The van der Waals surface area contributed by atoms with Crippen LogP contribution < -0.4 is 4.72 Å². The minimum atomic E-state index is -3.43. The van der Waals surface area contributed by atoms with E-state index in [9.17, 15) is 13.2 Å². The fourth-order valence-corrected chi connectivity index (χ4v) is 3.39. The highest BCUT2D eigenvalue weighted by molar-refractivity contribution is 7.89. The summed E-state index contributed by atoms with van der Waals surface area (Å²) in [4.78, 5) is 16.7. The number of sulfonamides is 1. The minimum absolute atomic E-state index is 0.000115. The van der Waals surface area contributed by atoms with Gasteiger partial charge in [0.2, 0.25) is 15.9 Å². The number of carbonyl (C=O) groups excluding carboxylic acids is 1. The zero-order valence-electron chi connectivity index (χ0n) is 14.2. The molecule has 0 unspecified atom stereocenters. The van der Waals surface area contributed by atoms with E-state index >= 15 is 0 Å². The Bertz CT molecular complexity index is 684. The minimum Gasteiger partial charge on any atom is -0.338 e. The molecule has 1 N–H and O–H groups in total. The Hall–Kier alpha value is -1.70. The van der Waals surface area contributed by atoms with Gasteiger partial charge in [0, 0.05) is 25.7 Å². The first-order valence-corrected chi connectivity index (χ1v) is 9.67. The highest BCUT2D eigenvalue weighted by Gasteiger charge is 2.16. The Morgan fingerprint density at radius 3 is 2.50 bits per heavy atom. The number of carbonyl (C=O) groups is 1. The molecular weight excluding hydrogens is 326 g/mol. The molecule has 1 heterocycles. The van der Waals surface area contributed by atoms with Crippen molar-refractivity contribution in [2.75, 3.05) is 39.8 Å². The fourth-order valence-electron chi connectivity index (χ4n) is 2.66. The third kappa shape index (κ3) is 4.90. The topological polar surface area (TPSA) is 69.7 Å². The van der Waals surface area contributed by atoms with Crippen LogP contribution >= 0.6 is 0 Å². The smallest absolute Gasteiger partial charge is 0.246 e. The van der Waals surface area contributed by atoms with Crippen LogP contribution in [0.3, 0.4) is 0 Å². The first kappa shape index (κ1) is 18.6. The van der Waals surface area contributed by atoms with Crippen LogP contribution in [-0.4, -0.2) is 63.9 Å². The number of amides is 1. The normalized spacial score (nSPS) is 17.2. The second-order valence-electron chi connectivity index (χ2n) is 5.72. The van der Waals surface area contributed by atoms with Crippen molar-refractivity contribution < 1.29 is 13.2 Å². The zero-order chi connectivity index (χ0) is 17.6. The molecule has 0 bridgehead atoms. The number of rotatable bonds is 5. The van der Waals surface area contributed by atoms with Crippen LogP contribution in [0.5, 0.6) is 0 Å². The maximum atomic E-state index is 12.3. The summed E-state index contributed by atoms with van der Waals surface area (Å²) >= 11 is 0. The lowest BCUT2D eigenvalue weighted by Crippen LogP contribution is -2.34. The van der Waals surface area contributed by atoms with Gasteiger partial charge in [-0.2, -0.15) is 0 Å². The van der Waals surface area contributed by atoms with Gasteiger partial charge in [-0.1, -0.05) is 19.1 Å². The van der Waals surface area contributed by atoms with E-state index < -0.39 is 10.0 Å². The number of likely N-dealkylation sites (N-methyl/N-ethyl adjacent to an activating group) is 1. The standard InChI is InChI=1S/C17H25N3O3S/c1-3-19-11-4-12-20(14-13-19)17(21)10-7-15-5-8-16(9-6-15)24(22,23)18-2/h5-10,18H,3-4,11-14H2,1-2H3/b10-7+. The average Bonchev–Trinajstić information content (AvgIpc) is 2.85. The van der Waals surface area contributed by atoms with Gasteiger partial charge in [0.25, 0.3) is 0 Å². The van der Waals surface area contributed by atoms with Gasteiger partial charge in [-0.3, -0.25) is 4.79 Å². The van der Waals surface area contributed by atoms with E-state index in [1.54, 1.807) is 24.3 Å². The third-order valence-electron chi connectivity index (χ3n) is 4.22.